The van der Waals surface area contributed by atoms with Crippen molar-refractivity contribution in [3.05, 3.63) is 57.9 Å². The molecule has 0 spiro atoms. The number of quaternary nitrogens is 1. The van der Waals surface area contributed by atoms with E-state index in [1.165, 1.54) is 12.1 Å². The van der Waals surface area contributed by atoms with Crippen LogP contribution in [0.1, 0.15) is 64.5 Å². The summed E-state index contributed by atoms with van der Waals surface area (Å²) in [5, 5.41) is 1.71. The number of carbonyl (C=O) groups excluding carboxylic acids is 2. The predicted molar refractivity (Wildman–Crippen MR) is 96.7 cm³/mol. The standard InChI is InChI=1S/C20H24F2N2O3/c1-6-27-20(26)17-10(2)18(24-12(17)4)19(25)13(5)23-11(3)15-8-7-14(21)9-16(15)22/h7-9,11,13,23-24H,6H2,1-5H3/p+1/t11-,13-/m1/s1. The van der Waals surface area contributed by atoms with Crippen LogP contribution >= 0.6 is 0 Å². The van der Waals surface area contributed by atoms with E-state index in [2.05, 4.69) is 4.98 Å². The number of hydrogen-bond donors (Lipinski definition) is 2. The van der Waals surface area contributed by atoms with Crippen molar-refractivity contribution in [2.45, 2.75) is 46.7 Å². The molecule has 1 heterocycles. The second kappa shape index (κ2) is 8.43. The lowest BCUT2D eigenvalue weighted by Gasteiger charge is -2.17. The highest BCUT2D eigenvalue weighted by atomic mass is 19.1. The zero-order valence-corrected chi connectivity index (χ0v) is 16.2. The zero-order chi connectivity index (χ0) is 20.3. The van der Waals surface area contributed by atoms with Gasteiger partial charge in [-0.25, -0.2) is 13.6 Å². The molecule has 3 N–H and O–H groups in total. The highest BCUT2D eigenvalue weighted by molar-refractivity contribution is 6.03. The minimum atomic E-state index is -0.644. The molecule has 0 aliphatic carbocycles. The largest absolute Gasteiger partial charge is 0.462 e. The fraction of sp³-hybridized carbons (Fsp3) is 0.400. The van der Waals surface area contributed by atoms with Crippen molar-refractivity contribution in [1.82, 2.24) is 4.98 Å². The van der Waals surface area contributed by atoms with Crippen molar-refractivity contribution < 1.29 is 28.4 Å². The molecule has 0 fully saturated rings. The Morgan fingerprint density at radius 3 is 2.48 bits per heavy atom. The quantitative estimate of drug-likeness (QED) is 0.574. The number of nitrogens with one attached hydrogen (secondary N) is 1. The summed E-state index contributed by atoms with van der Waals surface area (Å²) in [5.74, 6) is -1.96. The lowest BCUT2D eigenvalue weighted by molar-refractivity contribution is -0.709. The number of hydrogen-bond acceptors (Lipinski definition) is 3. The van der Waals surface area contributed by atoms with Gasteiger partial charge in [-0.1, -0.05) is 0 Å². The maximum absolute atomic E-state index is 14.0. The van der Waals surface area contributed by atoms with Gasteiger partial charge >= 0.3 is 5.97 Å². The van der Waals surface area contributed by atoms with Gasteiger partial charge in [-0.3, -0.25) is 4.79 Å². The van der Waals surface area contributed by atoms with Crippen molar-refractivity contribution >= 4 is 11.8 Å². The molecule has 27 heavy (non-hydrogen) atoms. The van der Waals surface area contributed by atoms with Crippen LogP contribution in [-0.2, 0) is 4.74 Å². The van der Waals surface area contributed by atoms with Crippen LogP contribution in [0.25, 0.3) is 0 Å². The molecule has 0 saturated heterocycles. The average molecular weight is 379 g/mol. The molecular weight excluding hydrogens is 354 g/mol. The molecule has 1 aromatic carbocycles. The number of carbonyl (C=O) groups is 2. The summed E-state index contributed by atoms with van der Waals surface area (Å²) in [6.45, 7) is 8.82. The smallest absolute Gasteiger partial charge is 0.340 e. The Morgan fingerprint density at radius 2 is 1.89 bits per heavy atom. The molecule has 0 radical (unpaired) electrons. The van der Waals surface area contributed by atoms with Gasteiger partial charge in [0.15, 0.2) is 0 Å². The number of esters is 1. The number of ketones is 1. The van der Waals surface area contributed by atoms with Gasteiger partial charge < -0.3 is 15.0 Å². The molecule has 5 nitrogen and oxygen atoms in total. The number of benzene rings is 1. The number of ether oxygens (including phenoxy) is 1. The first kappa shape index (κ1) is 20.8. The molecule has 2 atom stereocenters. The van der Waals surface area contributed by atoms with Crippen molar-refractivity contribution in [3.8, 4) is 0 Å². The predicted octanol–water partition coefficient (Wildman–Crippen LogP) is 2.98. The maximum atomic E-state index is 14.0. The van der Waals surface area contributed by atoms with E-state index in [4.69, 9.17) is 4.74 Å². The summed E-state index contributed by atoms with van der Waals surface area (Å²) >= 11 is 0. The van der Waals surface area contributed by atoms with Crippen molar-refractivity contribution in [2.75, 3.05) is 6.61 Å². The summed E-state index contributed by atoms with van der Waals surface area (Å²) in [7, 11) is 0. The van der Waals surface area contributed by atoms with Crippen LogP contribution in [0.5, 0.6) is 0 Å². The molecule has 2 rings (SSSR count). The zero-order valence-electron chi connectivity index (χ0n) is 16.2. The van der Waals surface area contributed by atoms with Crippen LogP contribution in [0, 0.1) is 25.5 Å². The number of H-pyrrole nitrogens is 1. The van der Waals surface area contributed by atoms with Gasteiger partial charge in [-0.05, 0) is 52.3 Å². The summed E-state index contributed by atoms with van der Waals surface area (Å²) < 4.78 is 32.1. The number of rotatable bonds is 7. The third-order valence-electron chi connectivity index (χ3n) is 4.61. The normalized spacial score (nSPS) is 13.3. The van der Waals surface area contributed by atoms with Crippen LogP contribution < -0.4 is 5.32 Å². The molecule has 0 aliphatic heterocycles. The molecule has 0 aliphatic rings. The van der Waals surface area contributed by atoms with E-state index < -0.39 is 23.6 Å². The Kier molecular flexibility index (Phi) is 6.49. The lowest BCUT2D eigenvalue weighted by Crippen LogP contribution is -2.91. The summed E-state index contributed by atoms with van der Waals surface area (Å²) in [6.07, 6.45) is 0. The molecule has 0 unspecified atom stereocenters. The minimum Gasteiger partial charge on any atom is -0.462 e. The molecule has 0 amide bonds. The second-order valence-electron chi connectivity index (χ2n) is 6.65. The third kappa shape index (κ3) is 4.42. The fourth-order valence-corrected chi connectivity index (χ4v) is 3.23. The highest BCUT2D eigenvalue weighted by Crippen LogP contribution is 2.20. The van der Waals surface area contributed by atoms with Crippen LogP contribution in [0.3, 0.4) is 0 Å². The molecule has 0 saturated carbocycles. The number of aromatic amines is 1. The van der Waals surface area contributed by atoms with E-state index in [1.54, 1.807) is 39.9 Å². The average Bonchev–Trinajstić information content (AvgIpc) is 2.88. The Morgan fingerprint density at radius 1 is 1.22 bits per heavy atom. The van der Waals surface area contributed by atoms with Gasteiger partial charge in [0.2, 0.25) is 5.78 Å². The first-order valence-corrected chi connectivity index (χ1v) is 8.87. The first-order chi connectivity index (χ1) is 12.7. The van der Waals surface area contributed by atoms with E-state index >= 15 is 0 Å². The van der Waals surface area contributed by atoms with E-state index in [0.717, 1.165) is 6.07 Å². The SMILES string of the molecule is CCOC(=O)c1c(C)[nH]c(C(=O)[C@@H](C)[NH2+][C@H](C)c2ccc(F)cc2F)c1C. The number of aromatic nitrogens is 1. The van der Waals surface area contributed by atoms with Gasteiger partial charge in [-0.15, -0.1) is 0 Å². The monoisotopic (exact) mass is 379 g/mol. The van der Waals surface area contributed by atoms with E-state index in [0.29, 0.717) is 28.1 Å². The van der Waals surface area contributed by atoms with Crippen molar-refractivity contribution in [2.24, 2.45) is 0 Å². The van der Waals surface area contributed by atoms with Gasteiger partial charge in [0, 0.05) is 17.3 Å². The summed E-state index contributed by atoms with van der Waals surface area (Å²) in [6, 6.07) is 2.49. The Hall–Kier alpha value is -2.54. The maximum Gasteiger partial charge on any atom is 0.340 e. The number of halogens is 2. The van der Waals surface area contributed by atoms with Crippen LogP contribution in [0.2, 0.25) is 0 Å². The Labute approximate surface area is 157 Å². The van der Waals surface area contributed by atoms with E-state index in [9.17, 15) is 18.4 Å². The molecule has 2 aromatic rings. The number of Topliss-reactive ketones (excluding diaryl/α,β-unsaturated/α-hetero) is 1. The minimum absolute atomic E-state index is 0.208. The third-order valence-corrected chi connectivity index (χ3v) is 4.61. The first-order valence-electron chi connectivity index (χ1n) is 8.87. The summed E-state index contributed by atoms with van der Waals surface area (Å²) in [5.41, 5.74) is 2.13. The van der Waals surface area contributed by atoms with Crippen LogP contribution in [0.15, 0.2) is 18.2 Å². The van der Waals surface area contributed by atoms with Gasteiger partial charge in [0.25, 0.3) is 0 Å². The second-order valence-corrected chi connectivity index (χ2v) is 6.65. The van der Waals surface area contributed by atoms with Crippen LogP contribution in [-0.4, -0.2) is 29.4 Å². The van der Waals surface area contributed by atoms with E-state index in [1.807, 2.05) is 0 Å². The number of aryl methyl sites for hydroxylation is 1. The lowest BCUT2D eigenvalue weighted by atomic mass is 10.0. The fourth-order valence-electron chi connectivity index (χ4n) is 3.23. The van der Waals surface area contributed by atoms with Gasteiger partial charge in [-0.2, -0.15) is 0 Å². The molecular formula is C20H25F2N2O3+. The molecule has 1 aromatic heterocycles. The van der Waals surface area contributed by atoms with Crippen molar-refractivity contribution in [1.29, 1.82) is 0 Å². The molecule has 7 heteroatoms. The Balaban J connectivity index is 2.20. The van der Waals surface area contributed by atoms with Crippen LogP contribution in [0.4, 0.5) is 8.78 Å². The number of nitrogens with two attached hydrogens (primary N) is 1. The summed E-state index contributed by atoms with van der Waals surface area (Å²) in [4.78, 5) is 27.9. The topological polar surface area (TPSA) is 75.8 Å². The highest BCUT2D eigenvalue weighted by Gasteiger charge is 2.29. The molecule has 146 valence electrons. The van der Waals surface area contributed by atoms with Gasteiger partial charge in [0.1, 0.15) is 23.7 Å². The van der Waals surface area contributed by atoms with Crippen molar-refractivity contribution in [3.63, 3.8) is 0 Å². The van der Waals surface area contributed by atoms with Gasteiger partial charge in [0.05, 0.1) is 17.9 Å². The molecule has 0 bridgehead atoms. The Bertz CT molecular complexity index is 861. The van der Waals surface area contributed by atoms with E-state index in [-0.39, 0.29) is 18.4 Å².